The van der Waals surface area contributed by atoms with Gasteiger partial charge in [-0.25, -0.2) is 24.0 Å². The molecule has 2 N–H and O–H groups in total. The average molecular weight is 1830 g/mol. The zero-order valence-electron chi connectivity index (χ0n) is 68.1. The summed E-state index contributed by atoms with van der Waals surface area (Å²) in [5, 5.41) is 8.83. The number of carboxylic acid groups (broad SMARTS) is 1. The van der Waals surface area contributed by atoms with Gasteiger partial charge in [0.05, 0.1) is 68.8 Å². The minimum atomic E-state index is -0.857. The Hall–Kier alpha value is -5.42. The van der Waals surface area contributed by atoms with E-state index in [0.717, 1.165) is 95.8 Å². The van der Waals surface area contributed by atoms with Gasteiger partial charge in [-0.05, 0) is 236 Å². The van der Waals surface area contributed by atoms with Crippen molar-refractivity contribution >= 4 is 140 Å². The van der Waals surface area contributed by atoms with E-state index in [1.165, 1.54) is 0 Å². The Balaban J connectivity index is -0.000000589. The SMILES string of the molecule is Brc1cncc(Br)c1.C.C=C(C)B1OC(C)(C)C(C)(C)O1.C=C(C)c1cncc(C(=C)C)c1C(=O)OCCC.CC(C)c1cncc(C(C)C)c1C(=O)Cl.CC(C)c1cncc(C(C)C)c1C(=O)O.CCCOC(=O)Cl.CCCOC(=O)c1c(Br)cncc1Br.CCCOC(=O)c1c(C(C)C)cncc1C(C)C.[Na+].[OH-]. The van der Waals surface area contributed by atoms with Crippen LogP contribution in [0.2, 0.25) is 0 Å². The molecule has 0 bridgehead atoms. The second-order valence-corrected chi connectivity index (χ2v) is 31.7. The van der Waals surface area contributed by atoms with Gasteiger partial charge in [0, 0.05) is 112 Å². The van der Waals surface area contributed by atoms with Gasteiger partial charge < -0.3 is 38.8 Å². The number of hydrogen-bond acceptors (Lipinski definition) is 19. The van der Waals surface area contributed by atoms with Crippen molar-refractivity contribution in [3.05, 3.63) is 196 Å². The molecule has 1 aliphatic heterocycles. The average Bonchev–Trinajstić information content (AvgIpc) is 1.56. The number of hydrogen-bond donors (Lipinski definition) is 1. The molecule has 0 saturated carbocycles. The summed E-state index contributed by atoms with van der Waals surface area (Å²) in [5.41, 5.74) is 10.9. The fourth-order valence-electron chi connectivity index (χ4n) is 9.16. The number of ether oxygens (including phenoxy) is 4. The fraction of sp³-hybridized carbons (Fsp3) is 0.488. The van der Waals surface area contributed by atoms with Gasteiger partial charge in [-0.15, -0.1) is 6.58 Å². The zero-order chi connectivity index (χ0) is 82.4. The van der Waals surface area contributed by atoms with Crippen LogP contribution in [0.25, 0.3) is 11.1 Å². The van der Waals surface area contributed by atoms with Crippen molar-refractivity contribution in [2.75, 3.05) is 26.4 Å². The molecule has 110 heavy (non-hydrogen) atoms. The standard InChI is InChI=1S/C15H23NO2.C15H19NO2.C12H16ClNO.C12H17NO2.C9H17BO2.C9H9Br2NO2.C5H3Br2N.C4H7ClO2.CH4.Na.H2O/c2*1-6-7-18-15(17)14-12(10(2)3)8-16-9-13(14)11(4)5;1-7(2)9-5-14-6-10(8(3)4)11(9)12(13)15;1-7(2)9-5-13-6-10(8(3)4)11(9)12(14)15;1-7(2)10-11-8(3,4)9(5,6)12-10;1-2-3-14-9(13)8-6(10)4-12-5-7(8)11;6-4-1-5(7)3-8-2-4;1-2-3-7-4(5)6;;;/h8-11H,6-7H2,1-5H3;8-9H,2,4,6-7H2,1,3,5H3;5-8H,1-4H3;5-8H,1-4H3,(H,14,15);1H2,2-6H3;4-5H,2-3H2,1H3;1-3H;2-3H2,1H3;1H4;;1H2/q;;;;;;;;;+1;/p-1. The number of esters is 3. The molecule has 0 aromatic carbocycles. The van der Waals surface area contributed by atoms with Crippen LogP contribution in [0.1, 0.15) is 324 Å². The summed E-state index contributed by atoms with van der Waals surface area (Å²) < 4.78 is 34.5. The molecule has 0 amide bonds. The van der Waals surface area contributed by atoms with Crippen molar-refractivity contribution in [3.63, 3.8) is 0 Å². The van der Waals surface area contributed by atoms with Crippen molar-refractivity contribution < 1.29 is 97.2 Å². The summed E-state index contributed by atoms with van der Waals surface area (Å²) in [7, 11) is -0.241. The fourth-order valence-corrected chi connectivity index (χ4v) is 11.7. The van der Waals surface area contributed by atoms with Crippen LogP contribution in [0, 0.1) is 0 Å². The van der Waals surface area contributed by atoms with Crippen LogP contribution in [0.3, 0.4) is 0 Å². The largest absolute Gasteiger partial charge is 1.00 e. The third-order valence-corrected chi connectivity index (χ3v) is 17.9. The maximum Gasteiger partial charge on any atom is 1.00 e. The number of carbonyl (C=O) groups excluding carboxylic acids is 5. The number of carbonyl (C=O) groups is 6. The van der Waals surface area contributed by atoms with E-state index >= 15 is 0 Å². The van der Waals surface area contributed by atoms with Gasteiger partial charge in [-0.3, -0.25) is 34.7 Å². The van der Waals surface area contributed by atoms with Crippen molar-refractivity contribution in [2.24, 2.45) is 0 Å². The van der Waals surface area contributed by atoms with Crippen LogP contribution in [0.4, 0.5) is 4.79 Å². The summed E-state index contributed by atoms with van der Waals surface area (Å²) >= 11 is 23.5. The molecule has 7 heterocycles. The maximum atomic E-state index is 12.2. The Bertz CT molecular complexity index is 3660. The minimum absolute atomic E-state index is 0. The van der Waals surface area contributed by atoms with Crippen LogP contribution < -0.4 is 29.6 Å². The molecule has 1 aliphatic rings. The molecular weight excluding hydrogens is 1720 g/mol. The van der Waals surface area contributed by atoms with E-state index in [0.29, 0.717) is 63.2 Å². The number of allylic oxidation sites excluding steroid dienone is 3. The molecule has 6 aromatic rings. The van der Waals surface area contributed by atoms with Gasteiger partial charge in [0.1, 0.15) is 0 Å². The van der Waals surface area contributed by atoms with Gasteiger partial charge >= 0.3 is 66.0 Å². The van der Waals surface area contributed by atoms with Gasteiger partial charge in [0.2, 0.25) is 0 Å². The van der Waals surface area contributed by atoms with Gasteiger partial charge in [0.25, 0.3) is 5.24 Å². The van der Waals surface area contributed by atoms with E-state index < -0.39 is 11.4 Å². The van der Waals surface area contributed by atoms with Crippen LogP contribution in [-0.4, -0.2) is 120 Å². The first-order valence-corrected chi connectivity index (χ1v) is 39.3. The summed E-state index contributed by atoms with van der Waals surface area (Å²) in [6.07, 6.45) is 23.5. The third-order valence-electron chi connectivity index (χ3n) is 15.5. The monoisotopic (exact) mass is 1830 g/mol. The van der Waals surface area contributed by atoms with Crippen molar-refractivity contribution in [1.29, 1.82) is 0 Å². The van der Waals surface area contributed by atoms with Gasteiger partial charge in [-0.2, -0.15) is 0 Å². The molecule has 0 atom stereocenters. The van der Waals surface area contributed by atoms with E-state index in [9.17, 15) is 33.9 Å². The van der Waals surface area contributed by atoms with Crippen molar-refractivity contribution in [2.45, 2.75) is 239 Å². The van der Waals surface area contributed by atoms with E-state index in [-0.39, 0.29) is 119 Å². The first-order chi connectivity index (χ1) is 49.8. The second kappa shape index (κ2) is 56.8. The first kappa shape index (κ1) is 111. The third kappa shape index (κ3) is 38.6. The summed E-state index contributed by atoms with van der Waals surface area (Å²) in [6, 6.07) is 1.94. The molecule has 0 aliphatic carbocycles. The van der Waals surface area contributed by atoms with E-state index in [1.807, 2.05) is 138 Å². The zero-order valence-corrected chi connectivity index (χ0v) is 77.9. The summed E-state index contributed by atoms with van der Waals surface area (Å²) in [4.78, 5) is 92.7. The number of rotatable bonds is 22. The number of aromatic carboxylic acids is 1. The van der Waals surface area contributed by atoms with E-state index in [4.69, 9.17) is 46.7 Å². The number of nitrogens with zero attached hydrogens (tertiary/aromatic N) is 6. The molecular formula is C82H116BBr4Cl2N6NaO14. The van der Waals surface area contributed by atoms with E-state index in [1.54, 1.807) is 74.4 Å². The number of halogens is 6. The Morgan fingerprint density at radius 1 is 0.445 bits per heavy atom. The Morgan fingerprint density at radius 3 is 0.945 bits per heavy atom. The van der Waals surface area contributed by atoms with Crippen LogP contribution in [-0.2, 0) is 28.3 Å². The maximum absolute atomic E-state index is 12.2. The topological polar surface area (TPSA) is 285 Å². The summed E-state index contributed by atoms with van der Waals surface area (Å²) in [6.45, 7) is 59.2. The Labute approximate surface area is 721 Å². The van der Waals surface area contributed by atoms with Crippen LogP contribution in [0.15, 0.2) is 124 Å². The molecule has 604 valence electrons. The van der Waals surface area contributed by atoms with Crippen molar-refractivity contribution in [1.82, 2.24) is 29.9 Å². The normalized spacial score (nSPS) is 11.8. The molecule has 7 rings (SSSR count). The quantitative estimate of drug-likeness (QED) is 0.0286. The van der Waals surface area contributed by atoms with Crippen molar-refractivity contribution in [3.8, 4) is 0 Å². The molecule has 1 saturated heterocycles. The molecule has 20 nitrogen and oxygen atoms in total. The van der Waals surface area contributed by atoms with Gasteiger partial charge in [-0.1, -0.05) is 137 Å². The Morgan fingerprint density at radius 2 is 0.709 bits per heavy atom. The minimum Gasteiger partial charge on any atom is -0.870 e. The first-order valence-electron chi connectivity index (χ1n) is 35.4. The molecule has 28 heteroatoms. The second-order valence-electron chi connectivity index (χ2n) is 27.5. The van der Waals surface area contributed by atoms with Gasteiger partial charge in [0.15, 0.2) is 0 Å². The Kier molecular flexibility index (Phi) is 57.2. The smallest absolute Gasteiger partial charge is 0.870 e. The molecule has 0 radical (unpaired) electrons. The number of pyridine rings is 6. The summed E-state index contributed by atoms with van der Waals surface area (Å²) in [5.74, 6) is -0.340. The molecule has 0 unspecified atom stereocenters. The predicted molar refractivity (Wildman–Crippen MR) is 456 cm³/mol. The van der Waals surface area contributed by atoms with Crippen LogP contribution >= 0.6 is 86.9 Å². The molecule has 1 fully saturated rings. The molecule has 6 aromatic heterocycles. The number of carboxylic acids is 1. The van der Waals surface area contributed by atoms with Crippen LogP contribution in [0.5, 0.6) is 0 Å². The predicted octanol–water partition coefficient (Wildman–Crippen LogP) is 21.6. The number of aromatic nitrogens is 6. The van der Waals surface area contributed by atoms with E-state index in [2.05, 4.69) is 146 Å². The molecule has 0 spiro atoms.